The predicted octanol–water partition coefficient (Wildman–Crippen LogP) is 0.814. The van der Waals surface area contributed by atoms with Crippen molar-refractivity contribution >= 4 is 12.1 Å². The maximum atomic E-state index is 12.3. The summed E-state index contributed by atoms with van der Waals surface area (Å²) in [5, 5.41) is 13.7. The van der Waals surface area contributed by atoms with Crippen molar-refractivity contribution in [3.63, 3.8) is 0 Å². The van der Waals surface area contributed by atoms with Crippen LogP contribution >= 0.6 is 0 Å². The molecule has 0 spiro atoms. The molecule has 0 aliphatic carbocycles. The molecule has 3 aromatic carbocycles. The van der Waals surface area contributed by atoms with E-state index in [1.807, 2.05) is 0 Å². The van der Waals surface area contributed by atoms with Crippen molar-refractivity contribution in [3.8, 4) is 11.5 Å². The SMILES string of the molecule is COc1cc(/C=N/NC(=O)CC[NH+]2CC[NH+](C(c3ccccc3)c3ccccc3)CC2)ccc1O. The third kappa shape index (κ3) is 6.68. The highest BCUT2D eigenvalue weighted by Gasteiger charge is 2.31. The molecule has 1 aliphatic rings. The molecule has 1 saturated heterocycles. The van der Waals surface area contributed by atoms with Gasteiger partial charge in [0.1, 0.15) is 32.2 Å². The first kappa shape index (κ1) is 24.4. The highest BCUT2D eigenvalue weighted by molar-refractivity contribution is 5.83. The molecule has 0 saturated carbocycles. The van der Waals surface area contributed by atoms with E-state index in [0.29, 0.717) is 18.2 Å². The third-order valence-electron chi connectivity index (χ3n) is 6.59. The summed E-state index contributed by atoms with van der Waals surface area (Å²) in [4.78, 5) is 15.3. The Kier molecular flexibility index (Phi) is 8.48. The zero-order valence-electron chi connectivity index (χ0n) is 20.1. The minimum absolute atomic E-state index is 0.0671. The van der Waals surface area contributed by atoms with E-state index in [-0.39, 0.29) is 11.7 Å². The zero-order valence-corrected chi connectivity index (χ0v) is 20.1. The highest BCUT2D eigenvalue weighted by Crippen LogP contribution is 2.25. The van der Waals surface area contributed by atoms with Crippen molar-refractivity contribution < 1.29 is 24.4 Å². The minimum Gasteiger partial charge on any atom is -0.504 e. The molecular weight excluding hydrogens is 440 g/mol. The summed E-state index contributed by atoms with van der Waals surface area (Å²) in [6.07, 6.45) is 1.98. The number of aromatic hydroxyl groups is 1. The lowest BCUT2D eigenvalue weighted by molar-refractivity contribution is -1.02. The quantitative estimate of drug-likeness (QED) is 0.274. The van der Waals surface area contributed by atoms with Gasteiger partial charge in [-0.3, -0.25) is 4.79 Å². The molecule has 1 heterocycles. The van der Waals surface area contributed by atoms with Gasteiger partial charge < -0.3 is 19.6 Å². The molecule has 4 rings (SSSR count). The molecule has 0 unspecified atom stereocenters. The zero-order chi connectivity index (χ0) is 24.5. The topological polar surface area (TPSA) is 79.8 Å². The van der Waals surface area contributed by atoms with Crippen molar-refractivity contribution in [2.75, 3.05) is 39.8 Å². The summed E-state index contributed by atoms with van der Waals surface area (Å²) >= 11 is 0. The molecule has 182 valence electrons. The Morgan fingerprint density at radius 2 is 1.63 bits per heavy atom. The van der Waals surface area contributed by atoms with Gasteiger partial charge in [0, 0.05) is 11.1 Å². The van der Waals surface area contributed by atoms with E-state index in [2.05, 4.69) is 71.2 Å². The van der Waals surface area contributed by atoms with Crippen LogP contribution < -0.4 is 20.0 Å². The highest BCUT2D eigenvalue weighted by atomic mass is 16.5. The number of phenols is 1. The van der Waals surface area contributed by atoms with Gasteiger partial charge in [-0.1, -0.05) is 60.7 Å². The molecule has 1 amide bonds. The van der Waals surface area contributed by atoms with Crippen LogP contribution in [0.5, 0.6) is 11.5 Å². The number of nitrogens with one attached hydrogen (secondary N) is 3. The van der Waals surface area contributed by atoms with Gasteiger partial charge >= 0.3 is 0 Å². The number of amides is 1. The first-order valence-electron chi connectivity index (χ1n) is 12.1. The van der Waals surface area contributed by atoms with E-state index in [0.717, 1.165) is 38.3 Å². The van der Waals surface area contributed by atoms with Crippen molar-refractivity contribution in [1.82, 2.24) is 5.43 Å². The number of ether oxygens (including phenoxy) is 1. The average Bonchev–Trinajstić information content (AvgIpc) is 2.90. The molecule has 35 heavy (non-hydrogen) atoms. The van der Waals surface area contributed by atoms with Gasteiger partial charge in [-0.2, -0.15) is 5.10 Å². The molecule has 0 radical (unpaired) electrons. The second kappa shape index (κ2) is 12.1. The molecule has 0 aromatic heterocycles. The second-order valence-corrected chi connectivity index (χ2v) is 8.89. The smallest absolute Gasteiger partial charge is 0.245 e. The maximum Gasteiger partial charge on any atom is 0.245 e. The largest absolute Gasteiger partial charge is 0.504 e. The summed E-state index contributed by atoms with van der Waals surface area (Å²) in [7, 11) is 1.49. The van der Waals surface area contributed by atoms with Crippen LogP contribution in [0.1, 0.15) is 29.2 Å². The first-order chi connectivity index (χ1) is 17.1. The number of carbonyl (C=O) groups is 1. The molecule has 3 aromatic rings. The van der Waals surface area contributed by atoms with Gasteiger partial charge in [0.15, 0.2) is 11.5 Å². The van der Waals surface area contributed by atoms with E-state index >= 15 is 0 Å². The fraction of sp³-hybridized carbons (Fsp3) is 0.286. The van der Waals surface area contributed by atoms with E-state index < -0.39 is 0 Å². The number of benzene rings is 3. The monoisotopic (exact) mass is 474 g/mol. The maximum absolute atomic E-state index is 12.3. The molecule has 7 heteroatoms. The van der Waals surface area contributed by atoms with E-state index in [1.165, 1.54) is 29.2 Å². The Morgan fingerprint density at radius 3 is 2.23 bits per heavy atom. The number of methoxy groups -OCH3 is 1. The summed E-state index contributed by atoms with van der Waals surface area (Å²) in [6, 6.07) is 26.7. The Balaban J connectivity index is 1.26. The van der Waals surface area contributed by atoms with Gasteiger partial charge in [-0.15, -0.1) is 0 Å². The lowest BCUT2D eigenvalue weighted by Gasteiger charge is -2.35. The standard InChI is InChI=1S/C28H32N4O3/c1-35-26-20-22(12-13-25(26)33)21-29-30-27(34)14-15-31-16-18-32(19-17-31)28(23-8-4-2-5-9-23)24-10-6-3-7-11-24/h2-13,20-21,28,33H,14-19H2,1H3,(H,30,34)/p+2/b29-21+. The number of hydrazone groups is 1. The number of nitrogens with zero attached hydrogens (tertiary/aromatic N) is 1. The van der Waals surface area contributed by atoms with Crippen LogP contribution in [0.15, 0.2) is 84.0 Å². The Morgan fingerprint density at radius 1 is 1.00 bits per heavy atom. The molecule has 0 atom stereocenters. The summed E-state index contributed by atoms with van der Waals surface area (Å²) in [6.45, 7) is 4.99. The number of rotatable bonds is 9. The number of hydrogen-bond donors (Lipinski definition) is 4. The van der Waals surface area contributed by atoms with Crippen molar-refractivity contribution in [2.24, 2.45) is 5.10 Å². The Hall–Kier alpha value is -3.68. The number of carbonyl (C=O) groups excluding carboxylic acids is 1. The van der Waals surface area contributed by atoms with Gasteiger partial charge in [-0.25, -0.2) is 5.43 Å². The number of phenolic OH excluding ortho intramolecular Hbond substituents is 1. The van der Waals surface area contributed by atoms with Crippen LogP contribution in [0.4, 0.5) is 0 Å². The molecule has 1 fully saturated rings. The van der Waals surface area contributed by atoms with Crippen LogP contribution in [0.2, 0.25) is 0 Å². The van der Waals surface area contributed by atoms with E-state index in [9.17, 15) is 9.90 Å². The average molecular weight is 475 g/mol. The van der Waals surface area contributed by atoms with Crippen LogP contribution in [-0.2, 0) is 4.79 Å². The van der Waals surface area contributed by atoms with Gasteiger partial charge in [0.05, 0.1) is 26.3 Å². The van der Waals surface area contributed by atoms with Gasteiger partial charge in [0.25, 0.3) is 0 Å². The number of quaternary nitrogens is 2. The normalized spacial score (nSPS) is 18.0. The lowest BCUT2D eigenvalue weighted by atomic mass is 9.96. The van der Waals surface area contributed by atoms with Gasteiger partial charge in [0.2, 0.25) is 5.91 Å². The molecule has 7 nitrogen and oxygen atoms in total. The first-order valence-corrected chi connectivity index (χ1v) is 12.1. The Labute approximate surface area is 206 Å². The lowest BCUT2D eigenvalue weighted by Crippen LogP contribution is -3.28. The predicted molar refractivity (Wildman–Crippen MR) is 136 cm³/mol. The van der Waals surface area contributed by atoms with E-state index in [4.69, 9.17) is 4.74 Å². The third-order valence-corrected chi connectivity index (χ3v) is 6.59. The fourth-order valence-corrected chi connectivity index (χ4v) is 4.72. The molecule has 1 aliphatic heterocycles. The van der Waals surface area contributed by atoms with Crippen LogP contribution in [0, 0.1) is 0 Å². The fourth-order valence-electron chi connectivity index (χ4n) is 4.72. The van der Waals surface area contributed by atoms with Crippen molar-refractivity contribution in [1.29, 1.82) is 0 Å². The van der Waals surface area contributed by atoms with Crippen molar-refractivity contribution in [2.45, 2.75) is 12.5 Å². The van der Waals surface area contributed by atoms with Crippen LogP contribution in [0.3, 0.4) is 0 Å². The molecule has 0 bridgehead atoms. The Bertz CT molecular complexity index is 1070. The summed E-state index contributed by atoms with van der Waals surface area (Å²) < 4.78 is 5.09. The minimum atomic E-state index is -0.0966. The molecular formula is C28H34N4O3+2. The van der Waals surface area contributed by atoms with Crippen LogP contribution in [0.25, 0.3) is 0 Å². The second-order valence-electron chi connectivity index (χ2n) is 8.89. The van der Waals surface area contributed by atoms with Crippen molar-refractivity contribution in [3.05, 3.63) is 95.6 Å². The summed E-state index contributed by atoms with van der Waals surface area (Å²) in [5.74, 6) is 0.338. The van der Waals surface area contributed by atoms with E-state index in [1.54, 1.807) is 23.2 Å². The summed E-state index contributed by atoms with van der Waals surface area (Å²) in [5.41, 5.74) is 6.03. The van der Waals surface area contributed by atoms with Gasteiger partial charge in [-0.05, 0) is 23.8 Å². The number of piperazine rings is 1. The molecule has 4 N–H and O–H groups in total. The number of hydrogen-bond acceptors (Lipinski definition) is 4. The van der Waals surface area contributed by atoms with Crippen LogP contribution in [-0.4, -0.2) is 57.1 Å².